The fourth-order valence-electron chi connectivity index (χ4n) is 1.91. The van der Waals surface area contributed by atoms with E-state index in [9.17, 15) is 47.9 Å². The molecule has 0 aromatic rings. The van der Waals surface area contributed by atoms with Crippen LogP contribution in [0.1, 0.15) is 0 Å². The van der Waals surface area contributed by atoms with Crippen molar-refractivity contribution in [2.45, 2.75) is 23.3 Å². The number of nitrogens with zero attached hydrogens (tertiary/aromatic N) is 2. The molecule has 24 heavy (non-hydrogen) atoms. The Morgan fingerprint density at radius 3 is 1.50 bits per heavy atom. The zero-order valence-electron chi connectivity index (χ0n) is 12.3. The number of alkyl halides is 9. The Bertz CT molecular complexity index is 576. The number of rotatable bonds is 4. The fourth-order valence-corrected chi connectivity index (χ4v) is 3.33. The van der Waals surface area contributed by atoms with Crippen LogP contribution in [0, 0.1) is 0 Å². The molecule has 1 aliphatic heterocycles. The summed E-state index contributed by atoms with van der Waals surface area (Å²) in [5.74, 6) is -14.4. The van der Waals surface area contributed by atoms with Crippen molar-refractivity contribution in [1.29, 1.82) is 0 Å². The molecule has 0 aromatic carbocycles. The average molecular weight is 397 g/mol. The molecule has 0 aliphatic carbocycles. The first-order chi connectivity index (χ1) is 10.3. The summed E-state index contributed by atoms with van der Waals surface area (Å²) in [6.07, 6.45) is -7.06. The molecule has 0 bridgehead atoms. The van der Waals surface area contributed by atoms with Gasteiger partial charge in [-0.25, -0.2) is 8.42 Å². The van der Waals surface area contributed by atoms with Crippen LogP contribution < -0.4 is 0 Å². The first kappa shape index (κ1) is 21.3. The molecule has 0 radical (unpaired) electrons. The van der Waals surface area contributed by atoms with Crippen LogP contribution in [0.25, 0.3) is 0 Å². The minimum atomic E-state index is -7.23. The second-order valence-corrected chi connectivity index (χ2v) is 7.93. The van der Waals surface area contributed by atoms with E-state index in [2.05, 4.69) is 0 Å². The summed E-state index contributed by atoms with van der Waals surface area (Å²) in [5.41, 5.74) is 0. The molecule has 1 aliphatic rings. The maximum absolute atomic E-state index is 13.6. The first-order valence-electron chi connectivity index (χ1n) is 6.33. The van der Waals surface area contributed by atoms with Gasteiger partial charge in [0.15, 0.2) is 0 Å². The fraction of sp³-hybridized carbons (Fsp3) is 1.00. The molecule has 0 saturated carbocycles. The average Bonchev–Trinajstić information content (AvgIpc) is 2.36. The van der Waals surface area contributed by atoms with Crippen LogP contribution in [0.5, 0.6) is 0 Å². The van der Waals surface area contributed by atoms with E-state index in [-0.39, 0.29) is 21.9 Å². The van der Waals surface area contributed by atoms with Crippen molar-refractivity contribution in [2.75, 3.05) is 40.3 Å². The zero-order valence-corrected chi connectivity index (χ0v) is 13.2. The molecule has 0 N–H and O–H groups in total. The molecular weight excluding hydrogens is 383 g/mol. The number of hydrogen-bond donors (Lipinski definition) is 0. The molecule has 14 heteroatoms. The van der Waals surface area contributed by atoms with E-state index >= 15 is 0 Å². The Morgan fingerprint density at radius 2 is 1.17 bits per heavy atom. The summed E-state index contributed by atoms with van der Waals surface area (Å²) in [7, 11) is -3.32. The molecule has 0 amide bonds. The number of hydrogen-bond acceptors (Lipinski definition) is 2. The van der Waals surface area contributed by atoms with Crippen LogP contribution in [0.15, 0.2) is 0 Å². The minimum Gasteiger partial charge on any atom is -0.326 e. The van der Waals surface area contributed by atoms with E-state index in [1.165, 1.54) is 0 Å². The summed E-state index contributed by atoms with van der Waals surface area (Å²) in [6, 6.07) is 0. The van der Waals surface area contributed by atoms with Crippen molar-refractivity contribution in [2.24, 2.45) is 0 Å². The van der Waals surface area contributed by atoms with E-state index < -0.39 is 46.4 Å². The number of piperazine rings is 1. The lowest BCUT2D eigenvalue weighted by molar-refractivity contribution is -0.893. The Morgan fingerprint density at radius 1 is 0.792 bits per heavy atom. The summed E-state index contributed by atoms with van der Waals surface area (Å²) >= 11 is 0. The van der Waals surface area contributed by atoms with Crippen molar-refractivity contribution < 1.29 is 52.4 Å². The van der Waals surface area contributed by atoms with Crippen LogP contribution in [0.2, 0.25) is 0 Å². The summed E-state index contributed by atoms with van der Waals surface area (Å²) < 4.78 is 139. The molecule has 1 heterocycles. The number of quaternary nitrogens is 1. The molecule has 0 atom stereocenters. The Labute approximate surface area is 131 Å². The normalized spacial score (nSPS) is 21.8. The van der Waals surface area contributed by atoms with Gasteiger partial charge in [0.25, 0.3) is 10.0 Å². The third kappa shape index (κ3) is 3.07. The lowest BCUT2D eigenvalue weighted by atomic mass is 10.1. The smallest absolute Gasteiger partial charge is 0.326 e. The standard InChI is InChI=1S/C10H14F9N2O2S/c1-21(2)5-3-20(4-6-21)24(22,23)10(18,19)8(13,14)7(11,12)9(15,16)17/h3-6H2,1-2H3/q+1. The minimum absolute atomic E-state index is 0.115. The van der Waals surface area contributed by atoms with Crippen LogP contribution in [0.4, 0.5) is 39.5 Å². The molecule has 1 rings (SSSR count). The van der Waals surface area contributed by atoms with Crippen molar-refractivity contribution in [1.82, 2.24) is 4.31 Å². The third-order valence-corrected chi connectivity index (χ3v) is 5.64. The van der Waals surface area contributed by atoms with Crippen LogP contribution in [0.3, 0.4) is 0 Å². The highest BCUT2D eigenvalue weighted by molar-refractivity contribution is 7.90. The number of likely N-dealkylation sites (N-methyl/N-ethyl adjacent to an activating group) is 1. The first-order valence-corrected chi connectivity index (χ1v) is 7.77. The lowest BCUT2D eigenvalue weighted by Gasteiger charge is -2.41. The van der Waals surface area contributed by atoms with Gasteiger partial charge in [-0.3, -0.25) is 0 Å². The van der Waals surface area contributed by atoms with E-state index in [1.807, 2.05) is 0 Å². The quantitative estimate of drug-likeness (QED) is 0.539. The highest BCUT2D eigenvalue weighted by Crippen LogP contribution is 2.55. The number of sulfonamides is 1. The van der Waals surface area contributed by atoms with Gasteiger partial charge in [0.1, 0.15) is 0 Å². The second-order valence-electron chi connectivity index (χ2n) is 5.95. The van der Waals surface area contributed by atoms with Crippen molar-refractivity contribution >= 4 is 10.0 Å². The molecule has 4 nitrogen and oxygen atoms in total. The topological polar surface area (TPSA) is 37.4 Å². The Balaban J connectivity index is 3.27. The van der Waals surface area contributed by atoms with Crippen LogP contribution in [-0.4, -0.2) is 80.8 Å². The van der Waals surface area contributed by atoms with E-state index in [0.29, 0.717) is 0 Å². The maximum Gasteiger partial charge on any atom is 0.460 e. The zero-order chi connectivity index (χ0) is 19.4. The molecule has 1 saturated heterocycles. The Hall–Kier alpha value is -0.760. The van der Waals surface area contributed by atoms with Gasteiger partial charge in [-0.2, -0.15) is 43.8 Å². The van der Waals surface area contributed by atoms with Gasteiger partial charge in [0, 0.05) is 0 Å². The Kier molecular flexibility index (Phi) is 4.99. The molecule has 0 unspecified atom stereocenters. The van der Waals surface area contributed by atoms with E-state index in [4.69, 9.17) is 0 Å². The number of halogens is 9. The maximum atomic E-state index is 13.6. The predicted molar refractivity (Wildman–Crippen MR) is 63.2 cm³/mol. The monoisotopic (exact) mass is 397 g/mol. The summed E-state index contributed by atoms with van der Waals surface area (Å²) in [4.78, 5) is 0. The highest BCUT2D eigenvalue weighted by Gasteiger charge is 2.85. The summed E-state index contributed by atoms with van der Waals surface area (Å²) in [5, 5.41) is -6.65. The van der Waals surface area contributed by atoms with Gasteiger partial charge < -0.3 is 4.48 Å². The van der Waals surface area contributed by atoms with Crippen molar-refractivity contribution in [3.8, 4) is 0 Å². The SMILES string of the molecule is C[N+]1(C)CCN(S(=O)(=O)C(F)(F)C(F)(F)C(F)(F)C(F)(F)F)CC1. The lowest BCUT2D eigenvalue weighted by Crippen LogP contribution is -2.67. The van der Waals surface area contributed by atoms with Gasteiger partial charge in [0.2, 0.25) is 0 Å². The highest BCUT2D eigenvalue weighted by atomic mass is 32.2. The molecule has 0 spiro atoms. The van der Waals surface area contributed by atoms with Gasteiger partial charge in [-0.1, -0.05) is 0 Å². The molecule has 144 valence electrons. The van der Waals surface area contributed by atoms with Crippen molar-refractivity contribution in [3.63, 3.8) is 0 Å². The molecule has 0 aromatic heterocycles. The van der Waals surface area contributed by atoms with Crippen LogP contribution >= 0.6 is 0 Å². The molecule has 1 fully saturated rings. The largest absolute Gasteiger partial charge is 0.460 e. The second kappa shape index (κ2) is 5.62. The summed E-state index contributed by atoms with van der Waals surface area (Å²) in [6.45, 7) is -1.68. The van der Waals surface area contributed by atoms with Gasteiger partial charge in [0.05, 0.1) is 40.3 Å². The van der Waals surface area contributed by atoms with Crippen LogP contribution in [-0.2, 0) is 10.0 Å². The third-order valence-electron chi connectivity index (χ3n) is 3.69. The van der Waals surface area contributed by atoms with Gasteiger partial charge >= 0.3 is 23.3 Å². The van der Waals surface area contributed by atoms with Gasteiger partial charge in [-0.15, -0.1) is 0 Å². The molecular formula is C10H14F9N2O2S+. The van der Waals surface area contributed by atoms with Crippen molar-refractivity contribution in [3.05, 3.63) is 0 Å². The van der Waals surface area contributed by atoms with E-state index in [1.54, 1.807) is 14.1 Å². The predicted octanol–water partition coefficient (Wildman–Crippen LogP) is 2.13. The van der Waals surface area contributed by atoms with Gasteiger partial charge in [-0.05, 0) is 0 Å². The van der Waals surface area contributed by atoms with E-state index in [0.717, 1.165) is 0 Å².